The first-order valence-corrected chi connectivity index (χ1v) is 5.10. The normalized spacial score (nSPS) is 11.5. The molecule has 90 valence electrons. The van der Waals surface area contributed by atoms with E-state index in [0.29, 0.717) is 6.54 Å². The second-order valence-corrected chi connectivity index (χ2v) is 5.05. The maximum atomic E-state index is 11.1. The molecular weight excluding hydrogens is 202 g/mol. The van der Waals surface area contributed by atoms with Crippen molar-refractivity contribution in [2.24, 2.45) is 11.1 Å². The van der Waals surface area contributed by atoms with Gasteiger partial charge in [-0.25, -0.2) is 4.58 Å². The first-order valence-electron chi connectivity index (χ1n) is 5.10. The topological polar surface area (TPSA) is 49.3 Å². The molecule has 0 atom stereocenters. The van der Waals surface area contributed by atoms with Gasteiger partial charge in [-0.15, -0.1) is 0 Å². The summed E-state index contributed by atoms with van der Waals surface area (Å²) in [5, 5.41) is 0. The fraction of sp³-hybridized carbons (Fsp3) is 0.500. The van der Waals surface area contributed by atoms with Crippen molar-refractivity contribution in [1.82, 2.24) is 4.90 Å². The van der Waals surface area contributed by atoms with Gasteiger partial charge in [0.25, 0.3) is 5.91 Å². The molecule has 4 nitrogen and oxygen atoms in total. The Kier molecular flexibility index (Phi) is 4.95. The number of carbonyl (C=O) groups is 1. The first kappa shape index (κ1) is 14.4. The van der Waals surface area contributed by atoms with Crippen molar-refractivity contribution in [2.45, 2.75) is 20.8 Å². The monoisotopic (exact) mass is 224 g/mol. The Balaban J connectivity index is 4.84. The average Bonchev–Trinajstić information content (AvgIpc) is 2.08. The van der Waals surface area contributed by atoms with Crippen LogP contribution in [-0.4, -0.2) is 35.7 Å². The Labute approximate surface area is 97.7 Å². The fourth-order valence-corrected chi connectivity index (χ4v) is 1.08. The molecule has 0 spiro atoms. The average molecular weight is 224 g/mol. The van der Waals surface area contributed by atoms with Gasteiger partial charge in [0.15, 0.2) is 6.20 Å². The van der Waals surface area contributed by atoms with Crippen LogP contribution in [0.25, 0.3) is 0 Å². The van der Waals surface area contributed by atoms with E-state index in [4.69, 9.17) is 5.73 Å². The van der Waals surface area contributed by atoms with Crippen LogP contribution in [0.4, 0.5) is 0 Å². The summed E-state index contributed by atoms with van der Waals surface area (Å²) in [5.41, 5.74) is 5.55. The molecule has 1 amide bonds. The standard InChI is InChI=1S/C12H21N3O/c1-10(11(13)16)15(8-7-14(5)6)9-12(2,3)4/h7-8H,1,5,9H2,2-4,6H3,(H-,13,16)/p+1/b8-7-. The molecule has 2 N–H and O–H groups in total. The van der Waals surface area contributed by atoms with Crippen LogP contribution in [-0.2, 0) is 4.79 Å². The molecule has 0 saturated carbocycles. The van der Waals surface area contributed by atoms with Crippen molar-refractivity contribution in [1.29, 1.82) is 0 Å². The lowest BCUT2D eigenvalue weighted by atomic mass is 9.96. The second-order valence-electron chi connectivity index (χ2n) is 5.05. The summed E-state index contributed by atoms with van der Waals surface area (Å²) in [4.78, 5) is 12.8. The summed E-state index contributed by atoms with van der Waals surface area (Å²) in [6, 6.07) is 0. The summed E-state index contributed by atoms with van der Waals surface area (Å²) in [7, 11) is 1.80. The number of carbonyl (C=O) groups excluding carboxylic acids is 1. The van der Waals surface area contributed by atoms with E-state index >= 15 is 0 Å². The molecular formula is C12H22N3O+. The smallest absolute Gasteiger partial charge is 0.264 e. The molecule has 16 heavy (non-hydrogen) atoms. The molecule has 0 bridgehead atoms. The Bertz CT molecular complexity index is 324. The van der Waals surface area contributed by atoms with E-state index in [1.165, 1.54) is 0 Å². The van der Waals surface area contributed by atoms with E-state index in [-0.39, 0.29) is 11.1 Å². The van der Waals surface area contributed by atoms with Gasteiger partial charge in [0.05, 0.1) is 11.9 Å². The van der Waals surface area contributed by atoms with Gasteiger partial charge < -0.3 is 10.6 Å². The van der Waals surface area contributed by atoms with Gasteiger partial charge >= 0.3 is 0 Å². The van der Waals surface area contributed by atoms with Crippen molar-refractivity contribution in [3.63, 3.8) is 0 Å². The summed E-state index contributed by atoms with van der Waals surface area (Å²) < 4.78 is 1.64. The van der Waals surface area contributed by atoms with Crippen LogP contribution in [0.15, 0.2) is 24.7 Å². The van der Waals surface area contributed by atoms with Gasteiger partial charge in [-0.3, -0.25) is 4.79 Å². The number of primary amides is 1. The van der Waals surface area contributed by atoms with Crippen molar-refractivity contribution in [3.8, 4) is 0 Å². The van der Waals surface area contributed by atoms with Crippen LogP contribution in [0.1, 0.15) is 20.8 Å². The third-order valence-corrected chi connectivity index (χ3v) is 1.78. The zero-order chi connectivity index (χ0) is 12.9. The maximum Gasteiger partial charge on any atom is 0.264 e. The molecule has 0 aliphatic rings. The summed E-state index contributed by atoms with van der Waals surface area (Å²) in [6.45, 7) is 14.3. The minimum Gasteiger partial charge on any atom is -0.364 e. The van der Waals surface area contributed by atoms with Crippen molar-refractivity contribution in [3.05, 3.63) is 24.7 Å². The lowest BCUT2D eigenvalue weighted by molar-refractivity contribution is -0.412. The maximum absolute atomic E-state index is 11.1. The van der Waals surface area contributed by atoms with E-state index < -0.39 is 5.91 Å². The van der Waals surface area contributed by atoms with Crippen LogP contribution >= 0.6 is 0 Å². The summed E-state index contributed by atoms with van der Waals surface area (Å²) in [6.07, 6.45) is 3.51. The Hall–Kier alpha value is -1.58. The molecule has 4 heteroatoms. The fourth-order valence-electron chi connectivity index (χ4n) is 1.08. The molecule has 0 saturated heterocycles. The second kappa shape index (κ2) is 5.49. The largest absolute Gasteiger partial charge is 0.364 e. The summed E-state index contributed by atoms with van der Waals surface area (Å²) >= 11 is 0. The highest BCUT2D eigenvalue weighted by Crippen LogP contribution is 2.18. The van der Waals surface area contributed by atoms with E-state index in [1.54, 1.807) is 28.9 Å². The third kappa shape index (κ3) is 6.01. The predicted molar refractivity (Wildman–Crippen MR) is 66.9 cm³/mol. The molecule has 0 heterocycles. The molecule has 0 rings (SSSR count). The minimum absolute atomic E-state index is 0.0441. The van der Waals surface area contributed by atoms with Crippen LogP contribution in [0.3, 0.4) is 0 Å². The Morgan fingerprint density at radius 1 is 1.50 bits per heavy atom. The van der Waals surface area contributed by atoms with E-state index in [0.717, 1.165) is 0 Å². The van der Waals surface area contributed by atoms with Crippen LogP contribution < -0.4 is 5.73 Å². The molecule has 0 aliphatic heterocycles. The van der Waals surface area contributed by atoms with Gasteiger partial charge in [0.2, 0.25) is 0 Å². The van der Waals surface area contributed by atoms with Gasteiger partial charge in [-0.05, 0) is 5.41 Å². The Morgan fingerprint density at radius 3 is 2.31 bits per heavy atom. The molecule has 0 fully saturated rings. The van der Waals surface area contributed by atoms with Gasteiger partial charge in [-0.1, -0.05) is 27.4 Å². The zero-order valence-corrected chi connectivity index (χ0v) is 10.7. The molecule has 0 aliphatic carbocycles. The van der Waals surface area contributed by atoms with Crippen molar-refractivity contribution in [2.75, 3.05) is 13.6 Å². The van der Waals surface area contributed by atoms with E-state index in [1.807, 2.05) is 0 Å². The lowest BCUT2D eigenvalue weighted by Crippen LogP contribution is -2.33. The first-order chi connectivity index (χ1) is 7.13. The molecule has 0 aromatic rings. The molecule has 0 aromatic carbocycles. The number of amides is 1. The SMILES string of the molecule is C=C(C(N)=O)N(/C=C\[N+](=C)C)CC(C)(C)C. The number of hydrogen-bond acceptors (Lipinski definition) is 2. The number of nitrogens with two attached hydrogens (primary N) is 1. The number of nitrogens with zero attached hydrogens (tertiary/aromatic N) is 2. The molecule has 0 unspecified atom stereocenters. The number of rotatable bonds is 5. The van der Waals surface area contributed by atoms with Crippen LogP contribution in [0, 0.1) is 5.41 Å². The van der Waals surface area contributed by atoms with Gasteiger partial charge in [-0.2, -0.15) is 0 Å². The highest BCUT2D eigenvalue weighted by molar-refractivity contribution is 5.90. The number of hydrogen-bond donors (Lipinski definition) is 1. The van der Waals surface area contributed by atoms with E-state index in [2.05, 4.69) is 34.1 Å². The van der Waals surface area contributed by atoms with Crippen LogP contribution in [0.5, 0.6) is 0 Å². The van der Waals surface area contributed by atoms with Gasteiger partial charge in [0, 0.05) is 6.54 Å². The highest BCUT2D eigenvalue weighted by Gasteiger charge is 2.18. The zero-order valence-electron chi connectivity index (χ0n) is 10.7. The predicted octanol–water partition coefficient (Wildman–Crippen LogP) is 1.15. The Morgan fingerprint density at radius 2 is 2.00 bits per heavy atom. The van der Waals surface area contributed by atoms with Crippen molar-refractivity contribution < 1.29 is 9.37 Å². The lowest BCUT2D eigenvalue weighted by Gasteiger charge is -2.28. The minimum atomic E-state index is -0.513. The summed E-state index contributed by atoms with van der Waals surface area (Å²) in [5.74, 6) is -0.513. The molecule has 0 radical (unpaired) electrons. The highest BCUT2D eigenvalue weighted by atomic mass is 16.1. The van der Waals surface area contributed by atoms with Crippen molar-refractivity contribution >= 4 is 12.6 Å². The molecule has 0 aromatic heterocycles. The van der Waals surface area contributed by atoms with Crippen LogP contribution in [0.2, 0.25) is 0 Å². The van der Waals surface area contributed by atoms with E-state index in [9.17, 15) is 4.79 Å². The third-order valence-electron chi connectivity index (χ3n) is 1.78. The van der Waals surface area contributed by atoms with Gasteiger partial charge in [0.1, 0.15) is 13.8 Å². The quantitative estimate of drug-likeness (QED) is 0.432.